The SMILES string of the molecule is CCCCC(C)CCCCC(C)c1ccccc1. The van der Waals surface area contributed by atoms with Crippen LogP contribution in [0.1, 0.15) is 77.2 Å². The summed E-state index contributed by atoms with van der Waals surface area (Å²) >= 11 is 0. The van der Waals surface area contributed by atoms with Gasteiger partial charge in [0.2, 0.25) is 0 Å². The molecule has 0 amide bonds. The fraction of sp³-hybridized carbons (Fsp3) is 0.667. The quantitative estimate of drug-likeness (QED) is 0.457. The van der Waals surface area contributed by atoms with Crippen molar-refractivity contribution in [2.45, 2.75) is 71.6 Å². The largest absolute Gasteiger partial charge is 0.0654 e. The summed E-state index contributed by atoms with van der Waals surface area (Å²) in [6, 6.07) is 10.9. The molecule has 0 heteroatoms. The van der Waals surface area contributed by atoms with Gasteiger partial charge in [-0.15, -0.1) is 0 Å². The third kappa shape index (κ3) is 6.23. The molecule has 0 saturated heterocycles. The molecule has 0 aromatic heterocycles. The van der Waals surface area contributed by atoms with Crippen LogP contribution >= 0.6 is 0 Å². The number of hydrogen-bond donors (Lipinski definition) is 0. The fourth-order valence-electron chi connectivity index (χ4n) is 2.59. The molecule has 0 spiro atoms. The van der Waals surface area contributed by atoms with Crippen molar-refractivity contribution < 1.29 is 0 Å². The minimum Gasteiger partial charge on any atom is -0.0654 e. The van der Waals surface area contributed by atoms with Gasteiger partial charge in [-0.3, -0.25) is 0 Å². The van der Waals surface area contributed by atoms with Crippen LogP contribution in [0.3, 0.4) is 0 Å². The molecule has 1 aromatic carbocycles. The summed E-state index contributed by atoms with van der Waals surface area (Å²) in [5, 5.41) is 0. The van der Waals surface area contributed by atoms with Gasteiger partial charge in [0, 0.05) is 0 Å². The Hall–Kier alpha value is -0.780. The zero-order chi connectivity index (χ0) is 13.2. The third-order valence-electron chi connectivity index (χ3n) is 4.00. The van der Waals surface area contributed by atoms with E-state index in [-0.39, 0.29) is 0 Å². The summed E-state index contributed by atoms with van der Waals surface area (Å²) in [5.74, 6) is 1.65. The predicted octanol–water partition coefficient (Wildman–Crippen LogP) is 6.18. The van der Waals surface area contributed by atoms with Gasteiger partial charge in [0.25, 0.3) is 0 Å². The normalized spacial score (nSPS) is 14.4. The molecule has 0 aliphatic carbocycles. The van der Waals surface area contributed by atoms with Crippen LogP contribution in [0.4, 0.5) is 0 Å². The van der Waals surface area contributed by atoms with Gasteiger partial charge in [-0.1, -0.05) is 89.6 Å². The standard InChI is InChI=1S/C18H30/c1-4-5-11-16(2)12-9-10-13-17(3)18-14-7-6-8-15-18/h6-8,14-17H,4-5,9-13H2,1-3H3. The first-order valence-electron chi connectivity index (χ1n) is 7.79. The molecule has 0 bridgehead atoms. The van der Waals surface area contributed by atoms with Gasteiger partial charge in [0.05, 0.1) is 0 Å². The number of unbranched alkanes of at least 4 members (excludes halogenated alkanes) is 2. The van der Waals surface area contributed by atoms with Crippen molar-refractivity contribution in [2.75, 3.05) is 0 Å². The second kappa shape index (κ2) is 9.19. The maximum absolute atomic E-state index is 2.41. The summed E-state index contributed by atoms with van der Waals surface area (Å²) in [7, 11) is 0. The molecule has 1 aromatic rings. The highest BCUT2D eigenvalue weighted by molar-refractivity contribution is 5.18. The minimum atomic E-state index is 0.720. The molecule has 0 N–H and O–H groups in total. The van der Waals surface area contributed by atoms with Gasteiger partial charge in [-0.25, -0.2) is 0 Å². The number of benzene rings is 1. The summed E-state index contributed by atoms with van der Waals surface area (Å²) in [6.45, 7) is 7.06. The topological polar surface area (TPSA) is 0 Å². The Kier molecular flexibility index (Phi) is 7.80. The van der Waals surface area contributed by atoms with E-state index >= 15 is 0 Å². The first-order chi connectivity index (χ1) is 8.74. The zero-order valence-electron chi connectivity index (χ0n) is 12.5. The smallest absolute Gasteiger partial charge is 0.0190 e. The molecule has 0 aliphatic rings. The zero-order valence-corrected chi connectivity index (χ0v) is 12.5. The lowest BCUT2D eigenvalue weighted by atomic mass is 9.92. The molecule has 2 atom stereocenters. The molecule has 1 rings (SSSR count). The highest BCUT2D eigenvalue weighted by atomic mass is 14.1. The maximum atomic E-state index is 2.41. The molecule has 0 radical (unpaired) electrons. The van der Waals surface area contributed by atoms with Gasteiger partial charge in [-0.05, 0) is 23.8 Å². The van der Waals surface area contributed by atoms with Gasteiger partial charge >= 0.3 is 0 Å². The number of hydrogen-bond acceptors (Lipinski definition) is 0. The lowest BCUT2D eigenvalue weighted by Crippen LogP contribution is -1.97. The van der Waals surface area contributed by atoms with E-state index in [1.54, 1.807) is 0 Å². The maximum Gasteiger partial charge on any atom is -0.0190 e. The summed E-state index contributed by atoms with van der Waals surface area (Å²) in [4.78, 5) is 0. The molecular formula is C18H30. The van der Waals surface area contributed by atoms with Gasteiger partial charge in [-0.2, -0.15) is 0 Å². The molecular weight excluding hydrogens is 216 g/mol. The van der Waals surface area contributed by atoms with Crippen molar-refractivity contribution >= 4 is 0 Å². The number of rotatable bonds is 9. The highest BCUT2D eigenvalue weighted by Crippen LogP contribution is 2.23. The summed E-state index contributed by atoms with van der Waals surface area (Å²) in [6.07, 6.45) is 9.71. The van der Waals surface area contributed by atoms with E-state index in [1.807, 2.05) is 0 Å². The Bertz CT molecular complexity index is 288. The first-order valence-corrected chi connectivity index (χ1v) is 7.79. The highest BCUT2D eigenvalue weighted by Gasteiger charge is 2.05. The van der Waals surface area contributed by atoms with Crippen molar-refractivity contribution in [1.82, 2.24) is 0 Å². The van der Waals surface area contributed by atoms with Crippen LogP contribution in [0.2, 0.25) is 0 Å². The Balaban J connectivity index is 2.11. The van der Waals surface area contributed by atoms with E-state index in [9.17, 15) is 0 Å². The molecule has 0 fully saturated rings. The Morgan fingerprint density at radius 2 is 1.44 bits per heavy atom. The van der Waals surface area contributed by atoms with Gasteiger partial charge in [0.1, 0.15) is 0 Å². The van der Waals surface area contributed by atoms with Crippen LogP contribution in [0.25, 0.3) is 0 Å². The van der Waals surface area contributed by atoms with Crippen LogP contribution in [0.15, 0.2) is 30.3 Å². The fourth-order valence-corrected chi connectivity index (χ4v) is 2.59. The summed E-state index contributed by atoms with van der Waals surface area (Å²) in [5.41, 5.74) is 1.50. The predicted molar refractivity (Wildman–Crippen MR) is 82.0 cm³/mol. The molecule has 0 nitrogen and oxygen atoms in total. The lowest BCUT2D eigenvalue weighted by molar-refractivity contribution is 0.440. The Morgan fingerprint density at radius 3 is 2.11 bits per heavy atom. The van der Waals surface area contributed by atoms with E-state index in [4.69, 9.17) is 0 Å². The van der Waals surface area contributed by atoms with E-state index in [1.165, 1.54) is 50.5 Å². The van der Waals surface area contributed by atoms with E-state index < -0.39 is 0 Å². The minimum absolute atomic E-state index is 0.720. The van der Waals surface area contributed by atoms with Crippen LogP contribution in [-0.4, -0.2) is 0 Å². The second-order valence-electron chi connectivity index (χ2n) is 5.84. The molecule has 0 heterocycles. The molecule has 2 unspecified atom stereocenters. The van der Waals surface area contributed by atoms with Crippen LogP contribution in [0, 0.1) is 5.92 Å². The van der Waals surface area contributed by atoms with Crippen LogP contribution < -0.4 is 0 Å². The average molecular weight is 246 g/mol. The molecule has 0 saturated carbocycles. The lowest BCUT2D eigenvalue weighted by Gasteiger charge is -2.13. The van der Waals surface area contributed by atoms with Crippen molar-refractivity contribution in [3.05, 3.63) is 35.9 Å². The Morgan fingerprint density at radius 1 is 0.833 bits per heavy atom. The average Bonchev–Trinajstić information content (AvgIpc) is 2.42. The van der Waals surface area contributed by atoms with Crippen LogP contribution in [-0.2, 0) is 0 Å². The molecule has 0 aliphatic heterocycles. The van der Waals surface area contributed by atoms with Crippen molar-refractivity contribution in [3.8, 4) is 0 Å². The van der Waals surface area contributed by atoms with E-state index in [0.717, 1.165) is 11.8 Å². The monoisotopic (exact) mass is 246 g/mol. The second-order valence-corrected chi connectivity index (χ2v) is 5.84. The molecule has 102 valence electrons. The first kappa shape index (κ1) is 15.3. The van der Waals surface area contributed by atoms with Crippen molar-refractivity contribution in [1.29, 1.82) is 0 Å². The van der Waals surface area contributed by atoms with Crippen LogP contribution in [0.5, 0.6) is 0 Å². The van der Waals surface area contributed by atoms with Crippen molar-refractivity contribution in [2.24, 2.45) is 5.92 Å². The molecule has 18 heavy (non-hydrogen) atoms. The van der Waals surface area contributed by atoms with Gasteiger partial charge < -0.3 is 0 Å². The van der Waals surface area contributed by atoms with E-state index in [0.29, 0.717) is 0 Å². The van der Waals surface area contributed by atoms with E-state index in [2.05, 4.69) is 51.1 Å². The Labute approximate surface area is 114 Å². The third-order valence-corrected chi connectivity index (χ3v) is 4.00. The van der Waals surface area contributed by atoms with Gasteiger partial charge in [0.15, 0.2) is 0 Å². The van der Waals surface area contributed by atoms with Crippen molar-refractivity contribution in [3.63, 3.8) is 0 Å². The summed E-state index contributed by atoms with van der Waals surface area (Å²) < 4.78 is 0.